The van der Waals surface area contributed by atoms with Gasteiger partial charge in [-0.3, -0.25) is 0 Å². The number of ether oxygens (including phenoxy) is 4. The van der Waals surface area contributed by atoms with Crippen LogP contribution >= 0.6 is 0 Å². The van der Waals surface area contributed by atoms with Gasteiger partial charge in [-0.1, -0.05) is 0 Å². The number of hydrogen-bond acceptors (Lipinski definition) is 6. The zero-order valence-electron chi connectivity index (χ0n) is 10.4. The van der Waals surface area contributed by atoms with Crippen molar-refractivity contribution in [1.82, 2.24) is 0 Å². The van der Waals surface area contributed by atoms with E-state index in [2.05, 4.69) is 0 Å². The lowest BCUT2D eigenvalue weighted by atomic mass is 10.2. The van der Waals surface area contributed by atoms with Crippen LogP contribution in [0.5, 0.6) is 17.2 Å². The first-order valence-electron chi connectivity index (χ1n) is 5.02. The van der Waals surface area contributed by atoms with Crippen molar-refractivity contribution in [2.75, 3.05) is 27.9 Å². The molecule has 6 nitrogen and oxygen atoms in total. The molecule has 1 aromatic carbocycles. The van der Waals surface area contributed by atoms with Crippen molar-refractivity contribution in [2.24, 2.45) is 0 Å². The fraction of sp³-hybridized carbons (Fsp3) is 0.333. The average Bonchev–Trinajstić information content (AvgIpc) is 2.42. The quantitative estimate of drug-likeness (QED) is 0.736. The van der Waals surface area contributed by atoms with Gasteiger partial charge < -0.3 is 18.9 Å². The van der Waals surface area contributed by atoms with Gasteiger partial charge >= 0.3 is 5.97 Å². The summed E-state index contributed by atoms with van der Waals surface area (Å²) in [6.07, 6.45) is 0. The van der Waals surface area contributed by atoms with Crippen LogP contribution in [-0.2, 0) is 4.74 Å². The van der Waals surface area contributed by atoms with Crippen molar-refractivity contribution in [1.29, 1.82) is 5.26 Å². The Bertz CT molecular complexity index is 453. The lowest BCUT2D eigenvalue weighted by molar-refractivity contribution is 0.0554. The fourth-order valence-electron chi connectivity index (χ4n) is 1.38. The Morgan fingerprint density at radius 3 is 2.11 bits per heavy atom. The third-order valence-electron chi connectivity index (χ3n) is 2.17. The molecule has 0 saturated heterocycles. The average molecular weight is 251 g/mol. The predicted molar refractivity (Wildman–Crippen MR) is 62.0 cm³/mol. The van der Waals surface area contributed by atoms with Crippen LogP contribution in [0.3, 0.4) is 0 Å². The zero-order valence-corrected chi connectivity index (χ0v) is 10.4. The molecule has 0 fully saturated rings. The number of carbonyl (C=O) groups is 1. The van der Waals surface area contributed by atoms with E-state index < -0.39 is 5.97 Å². The molecule has 0 bridgehead atoms. The first kappa shape index (κ1) is 13.6. The second kappa shape index (κ2) is 6.35. The molecular weight excluding hydrogens is 238 g/mol. The largest absolute Gasteiger partial charge is 0.493 e. The van der Waals surface area contributed by atoms with Gasteiger partial charge in [0.25, 0.3) is 0 Å². The summed E-state index contributed by atoms with van der Waals surface area (Å²) in [6.45, 7) is -0.310. The standard InChI is InChI=1S/C12H13NO5/c1-15-9-6-8(12(14)18-5-4-13)7-10(16-2)11(9)17-3/h6-7H,5H2,1-3H3. The summed E-state index contributed by atoms with van der Waals surface area (Å²) in [4.78, 5) is 11.6. The van der Waals surface area contributed by atoms with Crippen LogP contribution in [0.15, 0.2) is 12.1 Å². The molecule has 0 aliphatic carbocycles. The first-order chi connectivity index (χ1) is 8.67. The smallest absolute Gasteiger partial charge is 0.339 e. The van der Waals surface area contributed by atoms with Gasteiger partial charge in [0, 0.05) is 0 Å². The molecular formula is C12H13NO5. The van der Waals surface area contributed by atoms with Crippen LogP contribution in [-0.4, -0.2) is 33.9 Å². The summed E-state index contributed by atoms with van der Waals surface area (Å²) in [7, 11) is 4.36. The maximum absolute atomic E-state index is 11.6. The van der Waals surface area contributed by atoms with Gasteiger partial charge in [0.15, 0.2) is 18.1 Å². The number of nitriles is 1. The minimum Gasteiger partial charge on any atom is -0.493 e. The van der Waals surface area contributed by atoms with E-state index in [1.165, 1.54) is 33.5 Å². The fourth-order valence-corrected chi connectivity index (χ4v) is 1.38. The highest BCUT2D eigenvalue weighted by molar-refractivity contribution is 5.91. The summed E-state index contributed by atoms with van der Waals surface area (Å²) in [5.41, 5.74) is 0.222. The predicted octanol–water partition coefficient (Wildman–Crippen LogP) is 1.39. The molecule has 1 rings (SSSR count). The van der Waals surface area contributed by atoms with Crippen LogP contribution in [0.1, 0.15) is 10.4 Å². The lowest BCUT2D eigenvalue weighted by Crippen LogP contribution is -2.07. The summed E-state index contributed by atoms with van der Waals surface area (Å²) in [6, 6.07) is 4.64. The molecule has 0 saturated carbocycles. The van der Waals surface area contributed by atoms with E-state index in [1.54, 1.807) is 6.07 Å². The molecule has 0 atom stereocenters. The Balaban J connectivity index is 3.15. The highest BCUT2D eigenvalue weighted by atomic mass is 16.5. The van der Waals surface area contributed by atoms with Gasteiger partial charge in [0.1, 0.15) is 6.07 Å². The highest BCUT2D eigenvalue weighted by Crippen LogP contribution is 2.38. The molecule has 0 aliphatic rings. The van der Waals surface area contributed by atoms with Crippen LogP contribution < -0.4 is 14.2 Å². The third kappa shape index (κ3) is 2.83. The van der Waals surface area contributed by atoms with E-state index in [1.807, 2.05) is 0 Å². The van der Waals surface area contributed by atoms with Gasteiger partial charge in [-0.15, -0.1) is 0 Å². The van der Waals surface area contributed by atoms with E-state index in [0.29, 0.717) is 17.2 Å². The molecule has 0 heterocycles. The van der Waals surface area contributed by atoms with E-state index in [-0.39, 0.29) is 12.2 Å². The van der Waals surface area contributed by atoms with E-state index in [9.17, 15) is 4.79 Å². The van der Waals surface area contributed by atoms with Crippen molar-refractivity contribution < 1.29 is 23.7 Å². The molecule has 0 radical (unpaired) electrons. The van der Waals surface area contributed by atoms with Crippen LogP contribution in [0.4, 0.5) is 0 Å². The SMILES string of the molecule is COc1cc(C(=O)OCC#N)cc(OC)c1OC. The van der Waals surface area contributed by atoms with E-state index >= 15 is 0 Å². The zero-order chi connectivity index (χ0) is 13.5. The first-order valence-corrected chi connectivity index (χ1v) is 5.02. The van der Waals surface area contributed by atoms with E-state index in [4.69, 9.17) is 24.2 Å². The second-order valence-corrected chi connectivity index (χ2v) is 3.15. The van der Waals surface area contributed by atoms with Crippen molar-refractivity contribution in [3.63, 3.8) is 0 Å². The van der Waals surface area contributed by atoms with Crippen LogP contribution in [0, 0.1) is 11.3 Å². The second-order valence-electron chi connectivity index (χ2n) is 3.15. The van der Waals surface area contributed by atoms with Crippen molar-refractivity contribution in [2.45, 2.75) is 0 Å². The molecule has 0 amide bonds. The number of hydrogen-bond donors (Lipinski definition) is 0. The Kier molecular flexibility index (Phi) is 4.81. The Labute approximate surface area is 105 Å². The van der Waals surface area contributed by atoms with E-state index in [0.717, 1.165) is 0 Å². The Morgan fingerprint density at radius 1 is 1.17 bits per heavy atom. The Hall–Kier alpha value is -2.42. The minimum atomic E-state index is -0.629. The normalized spacial score (nSPS) is 9.22. The topological polar surface area (TPSA) is 77.8 Å². The van der Waals surface area contributed by atoms with Crippen LogP contribution in [0.2, 0.25) is 0 Å². The van der Waals surface area contributed by atoms with Gasteiger partial charge in [-0.25, -0.2) is 4.79 Å². The van der Waals surface area contributed by atoms with Crippen molar-refractivity contribution in [3.8, 4) is 23.3 Å². The van der Waals surface area contributed by atoms with Gasteiger partial charge in [0.2, 0.25) is 5.75 Å². The highest BCUT2D eigenvalue weighted by Gasteiger charge is 2.17. The lowest BCUT2D eigenvalue weighted by Gasteiger charge is -2.13. The van der Waals surface area contributed by atoms with Gasteiger partial charge in [0.05, 0.1) is 26.9 Å². The molecule has 6 heteroatoms. The van der Waals surface area contributed by atoms with Crippen molar-refractivity contribution in [3.05, 3.63) is 17.7 Å². The summed E-state index contributed by atoms with van der Waals surface area (Å²) in [5.74, 6) is 0.453. The van der Waals surface area contributed by atoms with Crippen molar-refractivity contribution >= 4 is 5.97 Å². The van der Waals surface area contributed by atoms with Gasteiger partial charge in [-0.2, -0.15) is 5.26 Å². The maximum Gasteiger partial charge on any atom is 0.339 e. The monoisotopic (exact) mass is 251 g/mol. The molecule has 0 aliphatic heterocycles. The Morgan fingerprint density at radius 2 is 1.72 bits per heavy atom. The third-order valence-corrected chi connectivity index (χ3v) is 2.17. The molecule has 0 aromatic heterocycles. The molecule has 0 spiro atoms. The molecule has 0 unspecified atom stereocenters. The number of benzene rings is 1. The number of methoxy groups -OCH3 is 3. The molecule has 1 aromatic rings. The summed E-state index contributed by atoms with van der Waals surface area (Å²) in [5, 5.41) is 8.35. The summed E-state index contributed by atoms with van der Waals surface area (Å²) < 4.78 is 20.0. The maximum atomic E-state index is 11.6. The number of esters is 1. The van der Waals surface area contributed by atoms with Gasteiger partial charge in [-0.05, 0) is 12.1 Å². The molecule has 18 heavy (non-hydrogen) atoms. The molecule has 0 N–H and O–H groups in total. The number of nitrogens with zero attached hydrogens (tertiary/aromatic N) is 1. The number of rotatable bonds is 5. The summed E-state index contributed by atoms with van der Waals surface area (Å²) >= 11 is 0. The van der Waals surface area contributed by atoms with Crippen LogP contribution in [0.25, 0.3) is 0 Å². The minimum absolute atomic E-state index is 0.222. The number of carbonyl (C=O) groups excluding carboxylic acids is 1. The molecule has 96 valence electrons.